The number of hydrogen-bond donors (Lipinski definition) is 1. The van der Waals surface area contributed by atoms with Gasteiger partial charge >= 0.3 is 0 Å². The van der Waals surface area contributed by atoms with Gasteiger partial charge in [0.05, 0.1) is 12.3 Å². The summed E-state index contributed by atoms with van der Waals surface area (Å²) in [4.78, 5) is 9.96. The van der Waals surface area contributed by atoms with Gasteiger partial charge in [0, 0.05) is 11.8 Å². The Kier molecular flexibility index (Phi) is 6.28. The molecule has 2 aromatic rings. The molecule has 21 heavy (non-hydrogen) atoms. The van der Waals surface area contributed by atoms with Gasteiger partial charge in [0.25, 0.3) is 0 Å². The van der Waals surface area contributed by atoms with Gasteiger partial charge in [-0.25, -0.2) is 4.98 Å². The SMILES string of the molecule is CCCCCCC(O)COn1ccnc1-c1ccccc1. The minimum Gasteiger partial charge on any atom is -0.410 e. The first-order valence-electron chi connectivity index (χ1n) is 7.71. The molecule has 1 N–H and O–H groups in total. The molecule has 1 unspecified atom stereocenters. The molecule has 1 heterocycles. The van der Waals surface area contributed by atoms with Gasteiger partial charge in [0.15, 0.2) is 5.82 Å². The zero-order valence-electron chi connectivity index (χ0n) is 12.6. The molecule has 4 heteroatoms. The van der Waals surface area contributed by atoms with Crippen molar-refractivity contribution in [3.05, 3.63) is 42.7 Å². The maximum absolute atomic E-state index is 9.95. The number of imidazole rings is 1. The van der Waals surface area contributed by atoms with Crippen molar-refractivity contribution in [1.82, 2.24) is 9.71 Å². The van der Waals surface area contributed by atoms with E-state index < -0.39 is 6.10 Å². The van der Waals surface area contributed by atoms with E-state index in [4.69, 9.17) is 4.84 Å². The highest BCUT2D eigenvalue weighted by Gasteiger charge is 2.09. The molecule has 4 nitrogen and oxygen atoms in total. The summed E-state index contributed by atoms with van der Waals surface area (Å²) in [6, 6.07) is 9.89. The van der Waals surface area contributed by atoms with Gasteiger partial charge in [-0.2, -0.15) is 4.73 Å². The zero-order chi connectivity index (χ0) is 14.9. The molecule has 1 aromatic heterocycles. The van der Waals surface area contributed by atoms with Crippen LogP contribution in [0.2, 0.25) is 0 Å². The predicted octanol–water partition coefficient (Wildman–Crippen LogP) is 3.31. The fourth-order valence-corrected chi connectivity index (χ4v) is 2.24. The predicted molar refractivity (Wildman–Crippen MR) is 83.9 cm³/mol. The van der Waals surface area contributed by atoms with Gasteiger partial charge in [0.1, 0.15) is 6.61 Å². The van der Waals surface area contributed by atoms with Crippen LogP contribution in [-0.2, 0) is 0 Å². The first-order chi connectivity index (χ1) is 10.3. The Bertz CT molecular complexity index is 511. The summed E-state index contributed by atoms with van der Waals surface area (Å²) in [5, 5.41) is 9.95. The lowest BCUT2D eigenvalue weighted by molar-refractivity contribution is 0.0234. The molecule has 0 aliphatic heterocycles. The van der Waals surface area contributed by atoms with Crippen LogP contribution < -0.4 is 4.84 Å². The van der Waals surface area contributed by atoms with E-state index in [1.807, 2.05) is 30.3 Å². The fourth-order valence-electron chi connectivity index (χ4n) is 2.24. The molecule has 1 aromatic carbocycles. The van der Waals surface area contributed by atoms with Crippen molar-refractivity contribution >= 4 is 0 Å². The van der Waals surface area contributed by atoms with Crippen molar-refractivity contribution in [3.63, 3.8) is 0 Å². The molecule has 0 saturated carbocycles. The zero-order valence-corrected chi connectivity index (χ0v) is 12.6. The molecule has 0 aliphatic rings. The smallest absolute Gasteiger partial charge is 0.175 e. The molecule has 0 fully saturated rings. The Morgan fingerprint density at radius 3 is 2.76 bits per heavy atom. The van der Waals surface area contributed by atoms with Crippen molar-refractivity contribution in [2.24, 2.45) is 0 Å². The van der Waals surface area contributed by atoms with Crippen molar-refractivity contribution < 1.29 is 9.94 Å². The van der Waals surface area contributed by atoms with Gasteiger partial charge in [0.2, 0.25) is 0 Å². The maximum Gasteiger partial charge on any atom is 0.175 e. The Labute approximate surface area is 126 Å². The molecule has 0 amide bonds. The van der Waals surface area contributed by atoms with Crippen LogP contribution >= 0.6 is 0 Å². The third-order valence-corrected chi connectivity index (χ3v) is 3.44. The first kappa shape index (κ1) is 15.6. The van der Waals surface area contributed by atoms with E-state index in [1.54, 1.807) is 17.1 Å². The van der Waals surface area contributed by atoms with Crippen LogP contribution in [-0.4, -0.2) is 27.5 Å². The highest BCUT2D eigenvalue weighted by Crippen LogP contribution is 2.15. The second-order valence-electron chi connectivity index (χ2n) is 5.24. The fraction of sp³-hybridized carbons (Fsp3) is 0.471. The Morgan fingerprint density at radius 2 is 2.00 bits per heavy atom. The van der Waals surface area contributed by atoms with Crippen LogP contribution in [0, 0.1) is 0 Å². The van der Waals surface area contributed by atoms with Gasteiger partial charge < -0.3 is 9.94 Å². The molecule has 114 valence electrons. The van der Waals surface area contributed by atoms with Gasteiger partial charge in [-0.3, -0.25) is 0 Å². The van der Waals surface area contributed by atoms with Gasteiger partial charge in [-0.05, 0) is 6.42 Å². The summed E-state index contributed by atoms with van der Waals surface area (Å²) < 4.78 is 1.63. The number of unbranched alkanes of at least 4 members (excludes halogenated alkanes) is 3. The molecular formula is C17H24N2O2. The van der Waals surface area contributed by atoms with E-state index in [1.165, 1.54) is 19.3 Å². The Balaban J connectivity index is 1.83. The third-order valence-electron chi connectivity index (χ3n) is 3.44. The van der Waals surface area contributed by atoms with Gasteiger partial charge in [-0.1, -0.05) is 62.9 Å². The van der Waals surface area contributed by atoms with Crippen molar-refractivity contribution in [2.45, 2.75) is 45.1 Å². The molecule has 0 aliphatic carbocycles. The topological polar surface area (TPSA) is 47.3 Å². The maximum atomic E-state index is 9.95. The molecular weight excluding hydrogens is 264 g/mol. The summed E-state index contributed by atoms with van der Waals surface area (Å²) in [6.45, 7) is 2.48. The lowest BCUT2D eigenvalue weighted by Crippen LogP contribution is -2.24. The van der Waals surface area contributed by atoms with E-state index in [2.05, 4.69) is 11.9 Å². The first-order valence-corrected chi connectivity index (χ1v) is 7.71. The molecule has 0 bridgehead atoms. The average molecular weight is 288 g/mol. The van der Waals surface area contributed by atoms with Crippen LogP contribution in [0.15, 0.2) is 42.7 Å². The average Bonchev–Trinajstić information content (AvgIpc) is 2.99. The summed E-state index contributed by atoms with van der Waals surface area (Å²) in [7, 11) is 0. The molecule has 1 atom stereocenters. The lowest BCUT2D eigenvalue weighted by atomic mass is 10.1. The van der Waals surface area contributed by atoms with Crippen molar-refractivity contribution in [1.29, 1.82) is 0 Å². The Morgan fingerprint density at radius 1 is 1.19 bits per heavy atom. The second kappa shape index (κ2) is 8.47. The van der Waals surface area contributed by atoms with Crippen molar-refractivity contribution in [3.8, 4) is 11.4 Å². The lowest BCUT2D eigenvalue weighted by Gasteiger charge is -2.14. The van der Waals surface area contributed by atoms with E-state index in [-0.39, 0.29) is 0 Å². The molecule has 2 rings (SSSR count). The number of aliphatic hydroxyl groups excluding tert-OH is 1. The minimum atomic E-state index is -0.423. The summed E-state index contributed by atoms with van der Waals surface area (Å²) >= 11 is 0. The highest BCUT2D eigenvalue weighted by molar-refractivity contribution is 5.54. The molecule has 0 saturated heterocycles. The number of aliphatic hydroxyl groups is 1. The number of aromatic nitrogens is 2. The highest BCUT2D eigenvalue weighted by atomic mass is 16.7. The number of hydrogen-bond acceptors (Lipinski definition) is 3. The van der Waals surface area contributed by atoms with E-state index in [9.17, 15) is 5.11 Å². The number of nitrogens with zero attached hydrogens (tertiary/aromatic N) is 2. The largest absolute Gasteiger partial charge is 0.410 e. The van der Waals surface area contributed by atoms with Crippen LogP contribution in [0.3, 0.4) is 0 Å². The van der Waals surface area contributed by atoms with E-state index in [0.29, 0.717) is 6.61 Å². The molecule has 0 spiro atoms. The summed E-state index contributed by atoms with van der Waals surface area (Å²) in [5.41, 5.74) is 1.000. The van der Waals surface area contributed by atoms with Crippen LogP contribution in [0.1, 0.15) is 39.0 Å². The van der Waals surface area contributed by atoms with E-state index in [0.717, 1.165) is 24.2 Å². The quantitative estimate of drug-likeness (QED) is 0.720. The molecule has 0 radical (unpaired) electrons. The van der Waals surface area contributed by atoms with Crippen molar-refractivity contribution in [2.75, 3.05) is 6.61 Å². The number of rotatable bonds is 9. The monoisotopic (exact) mass is 288 g/mol. The minimum absolute atomic E-state index is 0.294. The van der Waals surface area contributed by atoms with Gasteiger partial charge in [-0.15, -0.1) is 0 Å². The van der Waals surface area contributed by atoms with E-state index >= 15 is 0 Å². The van der Waals surface area contributed by atoms with Crippen LogP contribution in [0.4, 0.5) is 0 Å². The Hall–Kier alpha value is -1.81. The summed E-state index contributed by atoms with van der Waals surface area (Å²) in [5.74, 6) is 0.758. The second-order valence-corrected chi connectivity index (χ2v) is 5.24. The summed E-state index contributed by atoms with van der Waals surface area (Å²) in [6.07, 6.45) is 8.50. The van der Waals surface area contributed by atoms with Crippen LogP contribution in [0.25, 0.3) is 11.4 Å². The standard InChI is InChI=1S/C17H24N2O2/c1-2-3-4-8-11-16(20)14-21-19-13-12-18-17(19)15-9-6-5-7-10-15/h5-7,9-10,12-13,16,20H,2-4,8,11,14H2,1H3. The number of benzene rings is 1. The van der Waals surface area contributed by atoms with Crippen LogP contribution in [0.5, 0.6) is 0 Å². The normalized spacial score (nSPS) is 12.3. The third kappa shape index (κ3) is 4.90.